The molecule has 0 aliphatic carbocycles. The first-order valence-corrected chi connectivity index (χ1v) is 1.61. The van der Waals surface area contributed by atoms with Crippen LogP contribution in [0.5, 0.6) is 0 Å². The van der Waals surface area contributed by atoms with Crippen LogP contribution >= 0.6 is 0 Å². The molecule has 1 radical (unpaired) electrons. The molecule has 7 heavy (non-hydrogen) atoms. The van der Waals surface area contributed by atoms with Crippen molar-refractivity contribution >= 4 is 24.9 Å². The summed E-state index contributed by atoms with van der Waals surface area (Å²) in [5, 5.41) is 0. The number of carbonyl (C=O) groups is 1. The molecule has 0 aliphatic heterocycles. The molecule has 0 spiro atoms. The number of primary amides is 1. The summed E-state index contributed by atoms with van der Waals surface area (Å²) in [6, 6.07) is -0.407. The summed E-state index contributed by atoms with van der Waals surface area (Å²) in [5.41, 5.74) is 4.72. The summed E-state index contributed by atoms with van der Waals surface area (Å²) in [5.74, 6) is 0. The average molecular weight is 95.1 g/mol. The molecule has 3 nitrogen and oxygen atoms in total. The van der Waals surface area contributed by atoms with Gasteiger partial charge in [-0.3, -0.25) is 0 Å². The molecule has 0 aromatic carbocycles. The molecule has 0 saturated carbocycles. The van der Waals surface area contributed by atoms with E-state index in [-0.39, 0.29) is 18.9 Å². The number of nitrogens with two attached hydrogens (primary N) is 1. The smallest absolute Gasteiger partial charge is 0.314 e. The van der Waals surface area contributed by atoms with Gasteiger partial charge in [0.25, 0.3) is 0 Å². The summed E-state index contributed by atoms with van der Waals surface area (Å²) >= 11 is 0. The number of amides is 2. The first kappa shape index (κ1) is 9.98. The quantitative estimate of drug-likeness (QED) is 0.395. The molecule has 0 aromatic rings. The molecule has 0 aromatic heterocycles. The standard InChI is InChI=1S/C3H8N2O.Li/c1-5(2)3(4)6;/h1-2H3,(H2,4,6);. The Labute approximate surface area is 55.0 Å². The van der Waals surface area contributed by atoms with Gasteiger partial charge in [0.05, 0.1) is 0 Å². The number of nitrogens with zero attached hydrogens (tertiary/aromatic N) is 1. The minimum atomic E-state index is -0.407. The zero-order chi connectivity index (χ0) is 5.15. The van der Waals surface area contributed by atoms with Crippen molar-refractivity contribution in [2.75, 3.05) is 14.1 Å². The Hall–Kier alpha value is -0.133. The fourth-order valence-electron chi connectivity index (χ4n) is 0. The molecule has 0 bridgehead atoms. The van der Waals surface area contributed by atoms with Gasteiger partial charge in [-0.1, -0.05) is 0 Å². The average Bonchev–Trinajstić information content (AvgIpc) is 1.36. The van der Waals surface area contributed by atoms with E-state index in [1.807, 2.05) is 0 Å². The van der Waals surface area contributed by atoms with E-state index in [0.717, 1.165) is 0 Å². The SMILES string of the molecule is CN(C)C(N)=O.[Li]. The van der Waals surface area contributed by atoms with Crippen LogP contribution in [0.2, 0.25) is 0 Å². The first-order valence-electron chi connectivity index (χ1n) is 1.61. The van der Waals surface area contributed by atoms with E-state index in [1.165, 1.54) is 4.90 Å². The minimum Gasteiger partial charge on any atom is -0.352 e. The number of urea groups is 1. The Morgan fingerprint density at radius 3 is 1.71 bits per heavy atom. The summed E-state index contributed by atoms with van der Waals surface area (Å²) in [7, 11) is 3.20. The Kier molecular flexibility index (Phi) is 5.76. The molecule has 2 amide bonds. The maximum absolute atomic E-state index is 9.85. The van der Waals surface area contributed by atoms with Crippen LogP contribution in [0.25, 0.3) is 0 Å². The maximum atomic E-state index is 9.85. The molecule has 0 atom stereocenters. The van der Waals surface area contributed by atoms with Gasteiger partial charge in [-0.2, -0.15) is 0 Å². The van der Waals surface area contributed by atoms with Crippen LogP contribution in [0.15, 0.2) is 0 Å². The van der Waals surface area contributed by atoms with Crippen LogP contribution in [0.1, 0.15) is 0 Å². The largest absolute Gasteiger partial charge is 0.352 e. The van der Waals surface area contributed by atoms with Crippen LogP contribution in [0.3, 0.4) is 0 Å². The second-order valence-electron chi connectivity index (χ2n) is 1.23. The van der Waals surface area contributed by atoms with E-state index in [2.05, 4.69) is 0 Å². The number of carbonyl (C=O) groups excluding carboxylic acids is 1. The minimum absolute atomic E-state index is 0. The van der Waals surface area contributed by atoms with Gasteiger partial charge in [-0.15, -0.1) is 0 Å². The molecule has 0 fully saturated rings. The van der Waals surface area contributed by atoms with Crippen molar-refractivity contribution in [1.82, 2.24) is 4.90 Å². The second kappa shape index (κ2) is 4.04. The van der Waals surface area contributed by atoms with Gasteiger partial charge in [0.2, 0.25) is 0 Å². The van der Waals surface area contributed by atoms with Crippen molar-refractivity contribution in [2.24, 2.45) is 5.73 Å². The zero-order valence-electron chi connectivity index (χ0n) is 4.93. The molecule has 0 unspecified atom stereocenters. The third-order valence-corrected chi connectivity index (χ3v) is 0.441. The topological polar surface area (TPSA) is 46.3 Å². The summed E-state index contributed by atoms with van der Waals surface area (Å²) in [6.07, 6.45) is 0. The molecule has 0 heterocycles. The van der Waals surface area contributed by atoms with E-state index in [1.54, 1.807) is 14.1 Å². The molecule has 37 valence electrons. The predicted octanol–water partition coefficient (Wildman–Crippen LogP) is -0.754. The van der Waals surface area contributed by atoms with Gasteiger partial charge >= 0.3 is 6.03 Å². The normalized spacial score (nSPS) is 6.57. The van der Waals surface area contributed by atoms with Crippen molar-refractivity contribution in [2.45, 2.75) is 0 Å². The van der Waals surface area contributed by atoms with Gasteiger partial charge < -0.3 is 10.6 Å². The number of hydrogen-bond donors (Lipinski definition) is 1. The second-order valence-corrected chi connectivity index (χ2v) is 1.23. The van der Waals surface area contributed by atoms with E-state index in [4.69, 9.17) is 5.73 Å². The monoisotopic (exact) mass is 95.1 g/mol. The van der Waals surface area contributed by atoms with Gasteiger partial charge in [0.15, 0.2) is 0 Å². The molecule has 0 rings (SSSR count). The van der Waals surface area contributed by atoms with Crippen molar-refractivity contribution < 1.29 is 4.79 Å². The van der Waals surface area contributed by atoms with Gasteiger partial charge in [0.1, 0.15) is 0 Å². The molecule has 0 aliphatic rings. The Morgan fingerprint density at radius 1 is 1.57 bits per heavy atom. The fourth-order valence-corrected chi connectivity index (χ4v) is 0. The van der Waals surface area contributed by atoms with Crippen molar-refractivity contribution in [1.29, 1.82) is 0 Å². The Bertz CT molecular complexity index is 64.0. The van der Waals surface area contributed by atoms with Crippen LogP contribution in [0, 0.1) is 0 Å². The maximum Gasteiger partial charge on any atom is 0.314 e. The van der Waals surface area contributed by atoms with Crippen LogP contribution in [-0.2, 0) is 0 Å². The Morgan fingerprint density at radius 2 is 1.71 bits per heavy atom. The predicted molar refractivity (Wildman–Crippen MR) is 29.0 cm³/mol. The van der Waals surface area contributed by atoms with Crippen molar-refractivity contribution in [3.8, 4) is 0 Å². The number of hydrogen-bond acceptors (Lipinski definition) is 1. The third-order valence-electron chi connectivity index (χ3n) is 0.441. The van der Waals surface area contributed by atoms with E-state index in [0.29, 0.717) is 0 Å². The third kappa shape index (κ3) is 5.87. The molecular formula is C3H8LiN2O. The van der Waals surface area contributed by atoms with Crippen LogP contribution in [-0.4, -0.2) is 43.9 Å². The van der Waals surface area contributed by atoms with Crippen LogP contribution in [0.4, 0.5) is 4.79 Å². The van der Waals surface area contributed by atoms with E-state index in [9.17, 15) is 4.79 Å². The van der Waals surface area contributed by atoms with Gasteiger partial charge in [-0.25, -0.2) is 4.79 Å². The summed E-state index contributed by atoms with van der Waals surface area (Å²) < 4.78 is 0. The summed E-state index contributed by atoms with van der Waals surface area (Å²) in [6.45, 7) is 0. The van der Waals surface area contributed by atoms with Gasteiger partial charge in [-0.05, 0) is 0 Å². The van der Waals surface area contributed by atoms with Crippen LogP contribution < -0.4 is 5.73 Å². The Balaban J connectivity index is 0. The fraction of sp³-hybridized carbons (Fsp3) is 0.667. The number of rotatable bonds is 0. The summed E-state index contributed by atoms with van der Waals surface area (Å²) in [4.78, 5) is 11.2. The molecule has 0 saturated heterocycles. The first-order chi connectivity index (χ1) is 2.64. The molecule has 4 heteroatoms. The van der Waals surface area contributed by atoms with E-state index < -0.39 is 6.03 Å². The molecule has 2 N–H and O–H groups in total. The van der Waals surface area contributed by atoms with Crippen molar-refractivity contribution in [3.05, 3.63) is 0 Å². The molecular weight excluding hydrogens is 87.0 g/mol. The van der Waals surface area contributed by atoms with Gasteiger partial charge in [0, 0.05) is 33.0 Å². The zero-order valence-corrected chi connectivity index (χ0v) is 4.93. The van der Waals surface area contributed by atoms with E-state index >= 15 is 0 Å². The van der Waals surface area contributed by atoms with Crippen molar-refractivity contribution in [3.63, 3.8) is 0 Å².